The van der Waals surface area contributed by atoms with Crippen LogP contribution in [0, 0.1) is 0 Å². The number of rotatable bonds is 6. The lowest BCUT2D eigenvalue weighted by molar-refractivity contribution is 0.146. The molecule has 2 aromatic carbocycles. The highest BCUT2D eigenvalue weighted by Gasteiger charge is 2.19. The molecule has 0 saturated carbocycles. The highest BCUT2D eigenvalue weighted by atomic mass is 16.6. The molecule has 0 unspecified atom stereocenters. The van der Waals surface area contributed by atoms with Crippen LogP contribution in [-0.4, -0.2) is 45.3 Å². The van der Waals surface area contributed by atoms with E-state index in [4.69, 9.17) is 9.47 Å². The van der Waals surface area contributed by atoms with E-state index in [-0.39, 0.29) is 0 Å². The molecule has 0 fully saturated rings. The number of hydrogen-bond donors (Lipinski definition) is 0. The number of carbonyl (C=O) groups excluding carboxylic acids is 1. The zero-order valence-electron chi connectivity index (χ0n) is 13.7. The van der Waals surface area contributed by atoms with Gasteiger partial charge in [-0.3, -0.25) is 0 Å². The SMILES string of the molecule is COc1cccc(N(C(=O)OCCN(C)C)c2ccccc2)c1. The number of ether oxygens (including phenoxy) is 2. The van der Waals surface area contributed by atoms with Gasteiger partial charge in [0.25, 0.3) is 0 Å². The zero-order valence-corrected chi connectivity index (χ0v) is 13.7. The van der Waals surface area contributed by atoms with Crippen molar-refractivity contribution in [3.8, 4) is 5.75 Å². The molecule has 0 aliphatic carbocycles. The van der Waals surface area contributed by atoms with Crippen molar-refractivity contribution in [3.05, 3.63) is 54.6 Å². The fraction of sp³-hybridized carbons (Fsp3) is 0.278. The number of amides is 1. The van der Waals surface area contributed by atoms with Gasteiger partial charge in [-0.2, -0.15) is 0 Å². The van der Waals surface area contributed by atoms with Crippen LogP contribution in [0.3, 0.4) is 0 Å². The maximum atomic E-state index is 12.6. The zero-order chi connectivity index (χ0) is 16.7. The van der Waals surface area contributed by atoms with Gasteiger partial charge >= 0.3 is 6.09 Å². The second-order valence-electron chi connectivity index (χ2n) is 5.29. The van der Waals surface area contributed by atoms with Crippen LogP contribution < -0.4 is 9.64 Å². The summed E-state index contributed by atoms with van der Waals surface area (Å²) >= 11 is 0. The normalized spacial score (nSPS) is 10.4. The molecule has 122 valence electrons. The minimum Gasteiger partial charge on any atom is -0.497 e. The fourth-order valence-corrected chi connectivity index (χ4v) is 2.07. The molecular weight excluding hydrogens is 292 g/mol. The number of hydrogen-bond acceptors (Lipinski definition) is 4. The van der Waals surface area contributed by atoms with Crippen LogP contribution in [0.1, 0.15) is 0 Å². The van der Waals surface area contributed by atoms with Crippen LogP contribution >= 0.6 is 0 Å². The van der Waals surface area contributed by atoms with Crippen molar-refractivity contribution in [3.63, 3.8) is 0 Å². The summed E-state index contributed by atoms with van der Waals surface area (Å²) in [7, 11) is 5.47. The Morgan fingerprint density at radius 3 is 2.35 bits per heavy atom. The Morgan fingerprint density at radius 2 is 1.70 bits per heavy atom. The first-order chi connectivity index (χ1) is 11.1. The molecule has 2 rings (SSSR count). The van der Waals surface area contributed by atoms with Crippen LogP contribution in [0.2, 0.25) is 0 Å². The van der Waals surface area contributed by atoms with Crippen molar-refractivity contribution < 1.29 is 14.3 Å². The summed E-state index contributed by atoms with van der Waals surface area (Å²) in [6, 6.07) is 16.7. The van der Waals surface area contributed by atoms with Gasteiger partial charge in [0.05, 0.1) is 18.5 Å². The van der Waals surface area contributed by atoms with Gasteiger partial charge in [0.15, 0.2) is 0 Å². The van der Waals surface area contributed by atoms with Crippen molar-refractivity contribution >= 4 is 17.5 Å². The monoisotopic (exact) mass is 314 g/mol. The molecule has 2 aromatic rings. The summed E-state index contributed by atoms with van der Waals surface area (Å²) in [5, 5.41) is 0. The predicted octanol–water partition coefficient (Wildman–Crippen LogP) is 3.53. The summed E-state index contributed by atoms with van der Waals surface area (Å²) in [4.78, 5) is 16.1. The molecule has 0 aliphatic rings. The molecular formula is C18H22N2O3. The van der Waals surface area contributed by atoms with Crippen LogP contribution in [0.5, 0.6) is 5.75 Å². The highest BCUT2D eigenvalue weighted by molar-refractivity contribution is 5.96. The van der Waals surface area contributed by atoms with Crippen molar-refractivity contribution in [1.82, 2.24) is 4.90 Å². The smallest absolute Gasteiger partial charge is 0.418 e. The van der Waals surface area contributed by atoms with Crippen LogP contribution in [0.15, 0.2) is 54.6 Å². The second kappa shape index (κ2) is 8.19. The van der Waals surface area contributed by atoms with Crippen molar-refractivity contribution in [1.29, 1.82) is 0 Å². The molecule has 5 heteroatoms. The lowest BCUT2D eigenvalue weighted by Crippen LogP contribution is -2.29. The van der Waals surface area contributed by atoms with Gasteiger partial charge in [-0.05, 0) is 38.4 Å². The Balaban J connectivity index is 2.26. The Labute approximate surface area is 137 Å². The Morgan fingerprint density at radius 1 is 1.00 bits per heavy atom. The van der Waals surface area contributed by atoms with Crippen LogP contribution in [-0.2, 0) is 4.74 Å². The average Bonchev–Trinajstić information content (AvgIpc) is 2.56. The van der Waals surface area contributed by atoms with Gasteiger partial charge in [0.2, 0.25) is 0 Å². The average molecular weight is 314 g/mol. The van der Waals surface area contributed by atoms with Crippen molar-refractivity contribution in [2.75, 3.05) is 39.3 Å². The summed E-state index contributed by atoms with van der Waals surface area (Å²) in [6.07, 6.45) is -0.411. The quantitative estimate of drug-likeness (QED) is 0.818. The summed E-state index contributed by atoms with van der Waals surface area (Å²) in [6.45, 7) is 1.01. The van der Waals surface area contributed by atoms with E-state index >= 15 is 0 Å². The van der Waals surface area contributed by atoms with E-state index < -0.39 is 6.09 Å². The number of nitrogens with zero attached hydrogens (tertiary/aromatic N) is 2. The molecule has 0 aromatic heterocycles. The number of likely N-dealkylation sites (N-methyl/N-ethyl adjacent to an activating group) is 1. The first-order valence-corrected chi connectivity index (χ1v) is 7.42. The molecule has 0 aliphatic heterocycles. The Kier molecular flexibility index (Phi) is 6.00. The topological polar surface area (TPSA) is 42.0 Å². The summed E-state index contributed by atoms with van der Waals surface area (Å²) in [5.41, 5.74) is 1.45. The molecule has 0 saturated heterocycles. The predicted molar refractivity (Wildman–Crippen MR) is 91.5 cm³/mol. The lowest BCUT2D eigenvalue weighted by atomic mass is 10.2. The summed E-state index contributed by atoms with van der Waals surface area (Å²) < 4.78 is 10.6. The number of para-hydroxylation sites is 1. The molecule has 0 atom stereocenters. The second-order valence-corrected chi connectivity index (χ2v) is 5.29. The van der Waals surface area contributed by atoms with E-state index in [1.54, 1.807) is 13.2 Å². The standard InChI is InChI=1S/C18H22N2O3/c1-19(2)12-13-23-18(21)20(15-8-5-4-6-9-15)16-10-7-11-17(14-16)22-3/h4-11,14H,12-13H2,1-3H3. The molecule has 23 heavy (non-hydrogen) atoms. The highest BCUT2D eigenvalue weighted by Crippen LogP contribution is 2.28. The fourth-order valence-electron chi connectivity index (χ4n) is 2.07. The maximum Gasteiger partial charge on any atom is 0.418 e. The molecule has 0 heterocycles. The van der Waals surface area contributed by atoms with E-state index in [0.717, 1.165) is 5.69 Å². The van der Waals surface area contributed by atoms with E-state index in [0.29, 0.717) is 24.6 Å². The third kappa shape index (κ3) is 4.72. The first kappa shape index (κ1) is 16.8. The van der Waals surface area contributed by atoms with Crippen LogP contribution in [0.25, 0.3) is 0 Å². The molecule has 0 bridgehead atoms. The molecule has 1 amide bonds. The van der Waals surface area contributed by atoms with E-state index in [1.807, 2.05) is 67.5 Å². The van der Waals surface area contributed by atoms with E-state index in [1.165, 1.54) is 4.90 Å². The Bertz CT molecular complexity index is 629. The largest absolute Gasteiger partial charge is 0.497 e. The van der Waals surface area contributed by atoms with E-state index in [2.05, 4.69) is 0 Å². The molecule has 0 N–H and O–H groups in total. The van der Waals surface area contributed by atoms with Crippen molar-refractivity contribution in [2.45, 2.75) is 0 Å². The van der Waals surface area contributed by atoms with Gasteiger partial charge in [-0.15, -0.1) is 0 Å². The molecule has 0 spiro atoms. The first-order valence-electron chi connectivity index (χ1n) is 7.42. The molecule has 5 nitrogen and oxygen atoms in total. The lowest BCUT2D eigenvalue weighted by Gasteiger charge is -2.23. The van der Waals surface area contributed by atoms with Gasteiger partial charge in [0.1, 0.15) is 12.4 Å². The van der Waals surface area contributed by atoms with Gasteiger partial charge < -0.3 is 14.4 Å². The number of anilines is 2. The third-order valence-electron chi connectivity index (χ3n) is 3.27. The minimum absolute atomic E-state index is 0.332. The van der Waals surface area contributed by atoms with Crippen LogP contribution in [0.4, 0.5) is 16.2 Å². The third-order valence-corrected chi connectivity index (χ3v) is 3.27. The maximum absolute atomic E-state index is 12.6. The van der Waals surface area contributed by atoms with E-state index in [9.17, 15) is 4.79 Å². The van der Waals surface area contributed by atoms with Gasteiger partial charge in [-0.1, -0.05) is 24.3 Å². The number of benzene rings is 2. The minimum atomic E-state index is -0.411. The van der Waals surface area contributed by atoms with Gasteiger partial charge in [0, 0.05) is 12.6 Å². The Hall–Kier alpha value is -2.53. The number of carbonyl (C=O) groups is 1. The number of methoxy groups -OCH3 is 1. The summed E-state index contributed by atoms with van der Waals surface area (Å²) in [5.74, 6) is 0.685. The van der Waals surface area contributed by atoms with Gasteiger partial charge in [-0.25, -0.2) is 9.69 Å². The van der Waals surface area contributed by atoms with Crippen molar-refractivity contribution in [2.24, 2.45) is 0 Å². The molecule has 0 radical (unpaired) electrons.